The fraction of sp³-hybridized carbons (Fsp3) is 0.417. The van der Waals surface area contributed by atoms with Gasteiger partial charge in [0, 0.05) is 65.4 Å². The van der Waals surface area contributed by atoms with Crippen LogP contribution in [0.15, 0.2) is 115 Å². The molecule has 2 atom stereocenters. The first kappa shape index (κ1) is 49.5. The summed E-state index contributed by atoms with van der Waals surface area (Å²) in [6.45, 7) is 37.1. The molecule has 0 spiro atoms. The summed E-state index contributed by atoms with van der Waals surface area (Å²) in [4.78, 5) is 8.34. The maximum atomic E-state index is 2.83. The topological polar surface area (TPSA) is 9.72 Å². The van der Waals surface area contributed by atoms with Gasteiger partial charge in [-0.2, -0.15) is 0 Å². The van der Waals surface area contributed by atoms with Crippen LogP contribution in [0.25, 0.3) is 20.2 Å². The van der Waals surface area contributed by atoms with Gasteiger partial charge >= 0.3 is 0 Å². The van der Waals surface area contributed by atoms with Crippen molar-refractivity contribution in [1.82, 2.24) is 0 Å². The highest BCUT2D eigenvalue weighted by atomic mass is 32.1. The van der Waals surface area contributed by atoms with Crippen molar-refractivity contribution in [3.63, 3.8) is 0 Å². The molecule has 1 fully saturated rings. The molecule has 7 aromatic carbocycles. The van der Waals surface area contributed by atoms with Crippen molar-refractivity contribution in [2.75, 3.05) is 14.7 Å². The molecule has 0 N–H and O–H groups in total. The van der Waals surface area contributed by atoms with Gasteiger partial charge in [-0.15, -0.1) is 11.3 Å². The van der Waals surface area contributed by atoms with Crippen molar-refractivity contribution in [1.29, 1.82) is 0 Å². The zero-order valence-corrected chi connectivity index (χ0v) is 49.8. The first-order valence-corrected chi connectivity index (χ1v) is 30.2. The second-order valence-electron chi connectivity index (χ2n) is 29.1. The summed E-state index contributed by atoms with van der Waals surface area (Å²) in [5.41, 5.74) is 26.6. The predicted molar refractivity (Wildman–Crippen MR) is 335 cm³/mol. The molecular formula is C72H80BN3S. The van der Waals surface area contributed by atoms with Crippen LogP contribution in [0, 0.1) is 13.8 Å². The van der Waals surface area contributed by atoms with Crippen LogP contribution in [-0.2, 0) is 32.5 Å². The van der Waals surface area contributed by atoms with Crippen LogP contribution in [0.1, 0.15) is 186 Å². The highest BCUT2D eigenvalue weighted by molar-refractivity contribution is 7.26. The van der Waals surface area contributed by atoms with Gasteiger partial charge in [0.05, 0.1) is 11.2 Å². The van der Waals surface area contributed by atoms with Gasteiger partial charge in [0.1, 0.15) is 0 Å². The van der Waals surface area contributed by atoms with Crippen molar-refractivity contribution in [3.05, 3.63) is 160 Å². The molecule has 0 amide bonds. The number of thiophene rings is 1. The van der Waals surface area contributed by atoms with Crippen molar-refractivity contribution in [3.8, 4) is 0 Å². The Balaban J connectivity index is 1.10. The number of benzene rings is 7. The van der Waals surface area contributed by atoms with Gasteiger partial charge in [-0.25, -0.2) is 0 Å². The second kappa shape index (κ2) is 16.0. The third-order valence-corrected chi connectivity index (χ3v) is 22.6. The molecule has 8 aromatic rings. The van der Waals surface area contributed by atoms with E-state index in [1.807, 2.05) is 11.3 Å². The minimum absolute atomic E-state index is 0.0146. The van der Waals surface area contributed by atoms with Crippen molar-refractivity contribution < 1.29 is 0 Å². The van der Waals surface area contributed by atoms with Crippen molar-refractivity contribution in [2.24, 2.45) is 0 Å². The Morgan fingerprint density at radius 2 is 1.05 bits per heavy atom. The number of aryl methyl sites for hydroxylation is 2. The number of anilines is 8. The Hall–Kier alpha value is -5.78. The standard InChI is InChI=1S/C72H80BN3S/c1-43-35-60-65-61(36-43)75(57-41-50-48(37-44(57)2)67(6,7)31-33-69(50,10)11)58-39-46(76-55-28-25-45(66(3,4)5)38-52(55)71(14)29-18-19-30-72(71,76)15)26-27-53(58)73(65)54-40-49-51(70(12,13)34-32-68(49,8)9)42-59(54)74(60)56-22-20-24-63-64(56)47-21-16-17-23-62(47)77-63/h16-17,20-28,35-42H,18-19,29-34H2,1-15H3. The minimum Gasteiger partial charge on any atom is -0.334 e. The largest absolute Gasteiger partial charge is 0.334 e. The third-order valence-electron chi connectivity index (χ3n) is 21.4. The van der Waals surface area contributed by atoms with Gasteiger partial charge < -0.3 is 14.7 Å². The number of hydrogen-bond donors (Lipinski definition) is 0. The Morgan fingerprint density at radius 1 is 0.468 bits per heavy atom. The van der Waals surface area contributed by atoms with Gasteiger partial charge in [0.25, 0.3) is 6.71 Å². The lowest BCUT2D eigenvalue weighted by Gasteiger charge is -2.51. The molecule has 1 aromatic heterocycles. The SMILES string of the molecule is Cc1cc2c3c(c1)N(c1cccc4sc5ccccc5c14)c1cc4c(cc1B3c1ccc(N3c5ccc(C(C)(C)C)cc5C5(C)CCCCC35C)cc1N2c1cc2c(cc1C)C(C)(C)CCC2(C)C)C(C)(C)CCC4(C)C. The fourth-order valence-corrected chi connectivity index (χ4v) is 17.5. The average Bonchev–Trinajstić information content (AvgIpc) is 4.09. The molecule has 6 aliphatic rings. The first-order chi connectivity index (χ1) is 36.3. The lowest BCUT2D eigenvalue weighted by molar-refractivity contribution is 0.195. The van der Waals surface area contributed by atoms with Gasteiger partial charge in [0.15, 0.2) is 0 Å². The van der Waals surface area contributed by atoms with Gasteiger partial charge in [-0.1, -0.05) is 151 Å². The summed E-state index contributed by atoms with van der Waals surface area (Å²) in [5, 5.41) is 2.69. The minimum atomic E-state index is -0.0843. The third kappa shape index (κ3) is 6.80. The summed E-state index contributed by atoms with van der Waals surface area (Å²) < 4.78 is 2.68. The van der Waals surface area contributed by atoms with E-state index in [0.29, 0.717) is 0 Å². The maximum absolute atomic E-state index is 2.83. The quantitative estimate of drug-likeness (QED) is 0.163. The van der Waals surface area contributed by atoms with Crippen molar-refractivity contribution in [2.45, 2.75) is 193 Å². The highest BCUT2D eigenvalue weighted by Gasteiger charge is 2.58. The molecule has 5 heteroatoms. The molecule has 3 aliphatic carbocycles. The van der Waals surface area contributed by atoms with Crippen LogP contribution >= 0.6 is 11.3 Å². The summed E-state index contributed by atoms with van der Waals surface area (Å²) in [6.07, 6.45) is 9.60. The number of fused-ring (bicyclic) bond motifs is 12. The van der Waals surface area contributed by atoms with E-state index in [0.717, 1.165) is 0 Å². The average molecular weight is 1030 g/mol. The molecule has 77 heavy (non-hydrogen) atoms. The normalized spacial score (nSPS) is 23.0. The van der Waals surface area contributed by atoms with E-state index in [-0.39, 0.29) is 44.7 Å². The molecule has 3 aliphatic heterocycles. The molecule has 0 bridgehead atoms. The smallest absolute Gasteiger partial charge is 0.252 e. The Morgan fingerprint density at radius 3 is 1.73 bits per heavy atom. The molecule has 2 unspecified atom stereocenters. The van der Waals surface area contributed by atoms with Crippen LogP contribution in [0.4, 0.5) is 45.5 Å². The molecule has 0 saturated heterocycles. The molecule has 0 radical (unpaired) electrons. The van der Waals surface area contributed by atoms with E-state index in [9.17, 15) is 0 Å². The Bertz CT molecular complexity index is 3860. The van der Waals surface area contributed by atoms with E-state index in [1.54, 1.807) is 0 Å². The van der Waals surface area contributed by atoms with E-state index >= 15 is 0 Å². The molecular weight excluding hydrogens is 950 g/mol. The number of rotatable bonds is 3. The van der Waals surface area contributed by atoms with E-state index in [4.69, 9.17) is 0 Å². The monoisotopic (exact) mass is 1030 g/mol. The first-order valence-electron chi connectivity index (χ1n) is 29.4. The highest BCUT2D eigenvalue weighted by Crippen LogP contribution is 2.62. The van der Waals surface area contributed by atoms with Crippen LogP contribution < -0.4 is 31.1 Å². The molecule has 4 heterocycles. The lowest BCUT2D eigenvalue weighted by Crippen LogP contribution is -2.62. The summed E-state index contributed by atoms with van der Waals surface area (Å²) in [6, 6.07) is 47.3. The van der Waals surface area contributed by atoms with Crippen molar-refractivity contribution >= 4 is 100 Å². The van der Waals surface area contributed by atoms with Gasteiger partial charge in [0.2, 0.25) is 0 Å². The van der Waals surface area contributed by atoms with E-state index in [1.165, 1.54) is 178 Å². The zero-order valence-electron chi connectivity index (χ0n) is 49.0. The van der Waals surface area contributed by atoms with Gasteiger partial charge in [-0.05, 0) is 208 Å². The van der Waals surface area contributed by atoms with Crippen LogP contribution in [-0.4, -0.2) is 12.3 Å². The molecule has 1 saturated carbocycles. The second-order valence-corrected chi connectivity index (χ2v) is 30.2. The maximum Gasteiger partial charge on any atom is 0.252 e. The molecule has 3 nitrogen and oxygen atoms in total. The number of hydrogen-bond acceptors (Lipinski definition) is 4. The lowest BCUT2D eigenvalue weighted by atomic mass is 9.33. The molecule has 392 valence electrons. The van der Waals surface area contributed by atoms with Gasteiger partial charge in [-0.3, -0.25) is 0 Å². The van der Waals surface area contributed by atoms with E-state index in [2.05, 4.69) is 234 Å². The zero-order chi connectivity index (χ0) is 53.9. The molecule has 14 rings (SSSR count). The Kier molecular flexibility index (Phi) is 10.3. The van der Waals surface area contributed by atoms with Crippen LogP contribution in [0.5, 0.6) is 0 Å². The fourth-order valence-electron chi connectivity index (χ4n) is 16.3. The summed E-state index contributed by atoms with van der Waals surface area (Å²) >= 11 is 1.92. The summed E-state index contributed by atoms with van der Waals surface area (Å²) in [5.74, 6) is 0. The Labute approximate surface area is 465 Å². The van der Waals surface area contributed by atoms with Crippen LogP contribution in [0.3, 0.4) is 0 Å². The van der Waals surface area contributed by atoms with E-state index < -0.39 is 0 Å². The predicted octanol–water partition coefficient (Wildman–Crippen LogP) is 18.5. The summed E-state index contributed by atoms with van der Waals surface area (Å²) in [7, 11) is 0. The van der Waals surface area contributed by atoms with Crippen LogP contribution in [0.2, 0.25) is 0 Å². The number of nitrogens with zero attached hydrogens (tertiary/aromatic N) is 3.